The largest absolute Gasteiger partial charge is 0.447 e. The zero-order chi connectivity index (χ0) is 19.7. The van der Waals surface area contributed by atoms with E-state index in [2.05, 4.69) is 6.07 Å². The van der Waals surface area contributed by atoms with Gasteiger partial charge in [0.15, 0.2) is 5.58 Å². The molecule has 4 rings (SSSR count). The van der Waals surface area contributed by atoms with Crippen molar-refractivity contribution in [1.29, 1.82) is 5.26 Å². The summed E-state index contributed by atoms with van der Waals surface area (Å²) in [6.07, 6.45) is 0. The van der Waals surface area contributed by atoms with E-state index in [0.29, 0.717) is 27.5 Å². The molecule has 5 heteroatoms. The minimum atomic E-state index is -0.573. The molecule has 0 bridgehead atoms. The molecule has 0 fully saturated rings. The Bertz CT molecular complexity index is 1220. The fraction of sp³-hybridized carbons (Fsp3) is 0.0435. The van der Waals surface area contributed by atoms with Crippen molar-refractivity contribution in [3.05, 3.63) is 88.6 Å². The van der Waals surface area contributed by atoms with E-state index in [4.69, 9.17) is 26.0 Å². The maximum atomic E-state index is 12.6. The number of halogens is 1. The summed E-state index contributed by atoms with van der Waals surface area (Å²) in [4.78, 5) is 12.6. The van der Waals surface area contributed by atoms with E-state index in [0.717, 1.165) is 16.5 Å². The van der Waals surface area contributed by atoms with Gasteiger partial charge in [-0.1, -0.05) is 48.0 Å². The number of para-hydroxylation sites is 1. The number of esters is 1. The van der Waals surface area contributed by atoms with Crippen molar-refractivity contribution >= 4 is 28.5 Å². The van der Waals surface area contributed by atoms with Crippen LogP contribution in [0.4, 0.5) is 0 Å². The van der Waals surface area contributed by atoms with Crippen molar-refractivity contribution in [2.24, 2.45) is 0 Å². The van der Waals surface area contributed by atoms with E-state index in [1.54, 1.807) is 37.3 Å². The lowest BCUT2D eigenvalue weighted by Gasteiger charge is -2.05. The number of hydrogen-bond acceptors (Lipinski definition) is 4. The maximum Gasteiger partial charge on any atom is 0.379 e. The molecule has 0 atom stereocenters. The highest BCUT2D eigenvalue weighted by Crippen LogP contribution is 2.31. The standard InChI is InChI=1S/C23H14ClNO3/c1-14-19-3-2-4-20(24)22(19)28-21(14)23(26)27-18-11-9-17(10-12-18)16-7-5-15(13-25)6-8-16/h2-12H,1H3. The molecule has 3 aromatic carbocycles. The molecule has 0 spiro atoms. The number of carbonyl (C=O) groups is 1. The van der Waals surface area contributed by atoms with Crippen molar-refractivity contribution in [2.75, 3.05) is 0 Å². The predicted molar refractivity (Wildman–Crippen MR) is 108 cm³/mol. The molecule has 4 nitrogen and oxygen atoms in total. The van der Waals surface area contributed by atoms with Gasteiger partial charge in [0, 0.05) is 10.9 Å². The monoisotopic (exact) mass is 387 g/mol. The number of nitriles is 1. The minimum absolute atomic E-state index is 0.138. The smallest absolute Gasteiger partial charge is 0.379 e. The molecule has 4 aromatic rings. The number of aryl methyl sites for hydroxylation is 1. The fourth-order valence-electron chi connectivity index (χ4n) is 3.01. The van der Waals surface area contributed by atoms with Crippen LogP contribution in [0, 0.1) is 18.3 Å². The average Bonchev–Trinajstić information content (AvgIpc) is 3.07. The van der Waals surface area contributed by atoms with Gasteiger partial charge >= 0.3 is 5.97 Å². The predicted octanol–water partition coefficient (Wildman–Crippen LogP) is 6.15. The van der Waals surface area contributed by atoms with Gasteiger partial charge in [-0.05, 0) is 48.4 Å². The van der Waals surface area contributed by atoms with Gasteiger partial charge in [0.2, 0.25) is 5.76 Å². The molecular formula is C23H14ClNO3. The second-order valence-corrected chi connectivity index (χ2v) is 6.68. The third-order valence-corrected chi connectivity index (χ3v) is 4.81. The summed E-state index contributed by atoms with van der Waals surface area (Å²) in [5.74, 6) is -0.0245. The Morgan fingerprint density at radius 2 is 1.64 bits per heavy atom. The molecule has 0 amide bonds. The van der Waals surface area contributed by atoms with Crippen LogP contribution in [0.1, 0.15) is 21.7 Å². The molecule has 0 N–H and O–H groups in total. The first-order valence-corrected chi connectivity index (χ1v) is 8.95. The van der Waals surface area contributed by atoms with Gasteiger partial charge in [-0.25, -0.2) is 4.79 Å². The Morgan fingerprint density at radius 3 is 2.25 bits per heavy atom. The van der Waals surface area contributed by atoms with Crippen LogP contribution in [0.3, 0.4) is 0 Å². The summed E-state index contributed by atoms with van der Waals surface area (Å²) in [6, 6.07) is 21.9. The van der Waals surface area contributed by atoms with E-state index in [-0.39, 0.29) is 5.76 Å². The minimum Gasteiger partial charge on any atom is -0.447 e. The first-order valence-electron chi connectivity index (χ1n) is 8.57. The molecular weight excluding hydrogens is 374 g/mol. The van der Waals surface area contributed by atoms with Gasteiger partial charge in [-0.2, -0.15) is 5.26 Å². The van der Waals surface area contributed by atoms with Gasteiger partial charge in [0.25, 0.3) is 0 Å². The Labute approximate surface area is 166 Å². The third kappa shape index (κ3) is 3.24. The Kier molecular flexibility index (Phi) is 4.60. The number of rotatable bonds is 3. The summed E-state index contributed by atoms with van der Waals surface area (Å²) >= 11 is 6.14. The average molecular weight is 388 g/mol. The summed E-state index contributed by atoms with van der Waals surface area (Å²) in [6.45, 7) is 1.80. The zero-order valence-corrected chi connectivity index (χ0v) is 15.7. The van der Waals surface area contributed by atoms with Crippen LogP contribution in [0.5, 0.6) is 5.75 Å². The van der Waals surface area contributed by atoms with E-state index >= 15 is 0 Å². The molecule has 0 radical (unpaired) electrons. The number of carbonyl (C=O) groups excluding carboxylic acids is 1. The zero-order valence-electron chi connectivity index (χ0n) is 14.9. The number of hydrogen-bond donors (Lipinski definition) is 0. The number of fused-ring (bicyclic) bond motifs is 1. The van der Waals surface area contributed by atoms with Crippen LogP contribution in [-0.2, 0) is 0 Å². The number of furan rings is 1. The Morgan fingerprint density at radius 1 is 1.00 bits per heavy atom. The highest BCUT2D eigenvalue weighted by atomic mass is 35.5. The van der Waals surface area contributed by atoms with Crippen LogP contribution in [0.15, 0.2) is 71.1 Å². The number of nitrogens with zero attached hydrogens (tertiary/aromatic N) is 1. The van der Waals surface area contributed by atoms with E-state index in [1.807, 2.05) is 36.4 Å². The number of ether oxygens (including phenoxy) is 1. The molecule has 1 heterocycles. The third-order valence-electron chi connectivity index (χ3n) is 4.51. The lowest BCUT2D eigenvalue weighted by atomic mass is 10.0. The second-order valence-electron chi connectivity index (χ2n) is 6.28. The lowest BCUT2D eigenvalue weighted by Crippen LogP contribution is -2.08. The molecule has 28 heavy (non-hydrogen) atoms. The molecule has 0 saturated carbocycles. The van der Waals surface area contributed by atoms with E-state index in [9.17, 15) is 4.79 Å². The summed E-state index contributed by atoms with van der Waals surface area (Å²) < 4.78 is 11.1. The van der Waals surface area contributed by atoms with Gasteiger partial charge in [0.1, 0.15) is 5.75 Å². The molecule has 0 aliphatic rings. The topological polar surface area (TPSA) is 63.2 Å². The van der Waals surface area contributed by atoms with Crippen LogP contribution < -0.4 is 4.74 Å². The molecule has 0 aliphatic heterocycles. The number of benzene rings is 3. The van der Waals surface area contributed by atoms with Crippen molar-refractivity contribution < 1.29 is 13.9 Å². The first-order chi connectivity index (χ1) is 13.6. The van der Waals surface area contributed by atoms with Gasteiger partial charge < -0.3 is 9.15 Å². The van der Waals surface area contributed by atoms with Crippen molar-refractivity contribution in [3.8, 4) is 22.9 Å². The SMILES string of the molecule is Cc1c(C(=O)Oc2ccc(-c3ccc(C#N)cc3)cc2)oc2c(Cl)cccc12. The molecule has 0 aliphatic carbocycles. The fourth-order valence-corrected chi connectivity index (χ4v) is 3.22. The van der Waals surface area contributed by atoms with Crippen molar-refractivity contribution in [1.82, 2.24) is 0 Å². The normalized spacial score (nSPS) is 10.6. The van der Waals surface area contributed by atoms with Gasteiger partial charge in [-0.15, -0.1) is 0 Å². The van der Waals surface area contributed by atoms with E-state index in [1.165, 1.54) is 0 Å². The highest BCUT2D eigenvalue weighted by molar-refractivity contribution is 6.35. The Balaban J connectivity index is 1.56. The second kappa shape index (κ2) is 7.22. The van der Waals surface area contributed by atoms with Crippen molar-refractivity contribution in [2.45, 2.75) is 6.92 Å². The van der Waals surface area contributed by atoms with Crippen molar-refractivity contribution in [3.63, 3.8) is 0 Å². The summed E-state index contributed by atoms with van der Waals surface area (Å²) in [5.41, 5.74) is 3.70. The summed E-state index contributed by atoms with van der Waals surface area (Å²) in [5, 5.41) is 10.1. The lowest BCUT2D eigenvalue weighted by molar-refractivity contribution is 0.0703. The molecule has 0 saturated heterocycles. The van der Waals surface area contributed by atoms with Crippen LogP contribution in [0.2, 0.25) is 5.02 Å². The molecule has 0 unspecified atom stereocenters. The summed E-state index contributed by atoms with van der Waals surface area (Å²) in [7, 11) is 0. The quantitative estimate of drug-likeness (QED) is 0.312. The Hall–Kier alpha value is -3.55. The maximum absolute atomic E-state index is 12.6. The van der Waals surface area contributed by atoms with Gasteiger partial charge in [-0.3, -0.25) is 0 Å². The highest BCUT2D eigenvalue weighted by Gasteiger charge is 2.21. The molecule has 1 aromatic heterocycles. The van der Waals surface area contributed by atoms with Crippen LogP contribution in [-0.4, -0.2) is 5.97 Å². The van der Waals surface area contributed by atoms with Gasteiger partial charge in [0.05, 0.1) is 16.7 Å². The molecule has 136 valence electrons. The van der Waals surface area contributed by atoms with Crippen LogP contribution >= 0.6 is 11.6 Å². The van der Waals surface area contributed by atoms with Crippen LogP contribution in [0.25, 0.3) is 22.1 Å². The first kappa shape index (κ1) is 17.8. The van der Waals surface area contributed by atoms with E-state index < -0.39 is 5.97 Å².